The average Bonchev–Trinajstić information content (AvgIpc) is 2.50. The summed E-state index contributed by atoms with van der Waals surface area (Å²) < 4.78 is 5.10. The van der Waals surface area contributed by atoms with Gasteiger partial charge in [-0.2, -0.15) is 0 Å². The third-order valence-electron chi connectivity index (χ3n) is 2.81. The highest BCUT2D eigenvalue weighted by atomic mass is 35.5. The molecule has 2 N–H and O–H groups in total. The molecule has 1 amide bonds. The Kier molecular flexibility index (Phi) is 7.21. The van der Waals surface area contributed by atoms with Gasteiger partial charge in [0.25, 0.3) is 11.6 Å². The number of hydrogen-bond acceptors (Lipinski definition) is 6. The molecule has 0 spiro atoms. The topological polar surface area (TPSA) is 119 Å². The number of benzene rings is 1. The number of hydrogen-bond donors (Lipinski definition) is 2. The van der Waals surface area contributed by atoms with Crippen molar-refractivity contribution in [2.24, 2.45) is 0 Å². The van der Waals surface area contributed by atoms with Crippen molar-refractivity contribution < 1.29 is 24.4 Å². The summed E-state index contributed by atoms with van der Waals surface area (Å²) in [7, 11) is 0. The molecule has 2 atom stereocenters. The van der Waals surface area contributed by atoms with Crippen LogP contribution in [0.4, 0.5) is 5.69 Å². The lowest BCUT2D eigenvalue weighted by molar-refractivity contribution is -0.384. The van der Waals surface area contributed by atoms with Crippen LogP contribution in [0.2, 0.25) is 0 Å². The number of esters is 1. The Morgan fingerprint density at radius 1 is 1.35 bits per heavy atom. The van der Waals surface area contributed by atoms with Crippen molar-refractivity contribution in [1.29, 1.82) is 0 Å². The standard InChI is InChI=1S/C13H14Cl2N2O6/c1-7(19)23-11(10(6-18)16-13(20)12(14)15)8-2-4-9(5-3-8)17(21)22/h2-5,10-12,18H,6H2,1H3,(H,16,20)/t10-,11+/m1/s1. The van der Waals surface area contributed by atoms with Gasteiger partial charge >= 0.3 is 5.97 Å². The second-order valence-electron chi connectivity index (χ2n) is 4.48. The number of carbonyl (C=O) groups is 2. The van der Waals surface area contributed by atoms with Gasteiger partial charge in [-0.15, -0.1) is 0 Å². The van der Waals surface area contributed by atoms with E-state index in [1.54, 1.807) is 0 Å². The fraction of sp³-hybridized carbons (Fsp3) is 0.385. The van der Waals surface area contributed by atoms with Crippen LogP contribution in [0.1, 0.15) is 18.6 Å². The third kappa shape index (κ3) is 5.66. The van der Waals surface area contributed by atoms with E-state index in [0.29, 0.717) is 5.56 Å². The molecule has 0 aliphatic carbocycles. The van der Waals surface area contributed by atoms with Crippen molar-refractivity contribution in [1.82, 2.24) is 5.32 Å². The van der Waals surface area contributed by atoms with Gasteiger partial charge in [0.15, 0.2) is 4.84 Å². The van der Waals surface area contributed by atoms with Crippen molar-refractivity contribution in [3.8, 4) is 0 Å². The van der Waals surface area contributed by atoms with E-state index < -0.39 is 40.4 Å². The molecule has 0 unspecified atom stereocenters. The smallest absolute Gasteiger partial charge is 0.303 e. The van der Waals surface area contributed by atoms with Gasteiger partial charge in [0.2, 0.25) is 0 Å². The maximum Gasteiger partial charge on any atom is 0.303 e. The summed E-state index contributed by atoms with van der Waals surface area (Å²) in [6.45, 7) is 0.585. The molecular weight excluding hydrogens is 351 g/mol. The van der Waals surface area contributed by atoms with Crippen LogP contribution in [0.25, 0.3) is 0 Å². The Bertz CT molecular complexity index is 578. The number of nitrogens with zero attached hydrogens (tertiary/aromatic N) is 1. The summed E-state index contributed by atoms with van der Waals surface area (Å²) >= 11 is 10.9. The lowest BCUT2D eigenvalue weighted by atomic mass is 10.0. The maximum atomic E-state index is 11.6. The molecular formula is C13H14Cl2N2O6. The van der Waals surface area contributed by atoms with Crippen LogP contribution >= 0.6 is 23.2 Å². The number of aliphatic hydroxyl groups is 1. The number of amides is 1. The Hall–Kier alpha value is -1.90. The zero-order valence-electron chi connectivity index (χ0n) is 11.9. The summed E-state index contributed by atoms with van der Waals surface area (Å²) in [6.07, 6.45) is -1.06. The Morgan fingerprint density at radius 2 is 1.91 bits per heavy atom. The highest BCUT2D eigenvalue weighted by Gasteiger charge is 2.29. The fourth-order valence-electron chi connectivity index (χ4n) is 1.81. The van der Waals surface area contributed by atoms with Crippen molar-refractivity contribution in [3.63, 3.8) is 0 Å². The molecule has 23 heavy (non-hydrogen) atoms. The Morgan fingerprint density at radius 3 is 2.30 bits per heavy atom. The van der Waals surface area contributed by atoms with Gasteiger partial charge < -0.3 is 15.2 Å². The van der Waals surface area contributed by atoms with Crippen LogP contribution < -0.4 is 5.32 Å². The summed E-state index contributed by atoms with van der Waals surface area (Å²) in [6, 6.07) is 4.13. The normalized spacial score (nSPS) is 13.3. The number of carbonyl (C=O) groups excluding carboxylic acids is 2. The van der Waals surface area contributed by atoms with E-state index in [1.165, 1.54) is 24.3 Å². The first-order valence-corrected chi connectivity index (χ1v) is 7.24. The zero-order valence-corrected chi connectivity index (χ0v) is 13.5. The van der Waals surface area contributed by atoms with Crippen molar-refractivity contribution >= 4 is 40.8 Å². The second-order valence-corrected chi connectivity index (χ2v) is 5.57. The summed E-state index contributed by atoms with van der Waals surface area (Å²) in [5.74, 6) is -1.43. The Balaban J connectivity index is 3.08. The van der Waals surface area contributed by atoms with Crippen LogP contribution in [0.15, 0.2) is 24.3 Å². The van der Waals surface area contributed by atoms with Crippen molar-refractivity contribution in [2.75, 3.05) is 6.61 Å². The summed E-state index contributed by atoms with van der Waals surface area (Å²) in [5, 5.41) is 22.5. The van der Waals surface area contributed by atoms with E-state index in [9.17, 15) is 24.8 Å². The maximum absolute atomic E-state index is 11.6. The van der Waals surface area contributed by atoms with Crippen LogP contribution in [-0.2, 0) is 14.3 Å². The molecule has 0 saturated carbocycles. The monoisotopic (exact) mass is 364 g/mol. The molecule has 8 nitrogen and oxygen atoms in total. The van der Waals surface area contributed by atoms with Gasteiger partial charge in [-0.1, -0.05) is 23.2 Å². The van der Waals surface area contributed by atoms with E-state index >= 15 is 0 Å². The summed E-state index contributed by atoms with van der Waals surface area (Å²) in [5.41, 5.74) is 0.201. The number of aliphatic hydroxyl groups excluding tert-OH is 1. The molecule has 1 aromatic rings. The second kappa shape index (κ2) is 8.66. The van der Waals surface area contributed by atoms with E-state index in [-0.39, 0.29) is 5.69 Å². The van der Waals surface area contributed by atoms with E-state index in [1.807, 2.05) is 0 Å². The third-order valence-corrected chi connectivity index (χ3v) is 3.21. The Labute approximate surface area is 141 Å². The van der Waals surface area contributed by atoms with E-state index in [2.05, 4.69) is 5.32 Å². The average molecular weight is 365 g/mol. The molecule has 1 rings (SSSR count). The van der Waals surface area contributed by atoms with Crippen LogP contribution in [0.5, 0.6) is 0 Å². The predicted octanol–water partition coefficient (Wildman–Crippen LogP) is 1.48. The van der Waals surface area contributed by atoms with E-state index in [0.717, 1.165) is 6.92 Å². The molecule has 0 heterocycles. The number of nitro benzene ring substituents is 1. The molecule has 0 aromatic heterocycles. The molecule has 1 aromatic carbocycles. The first-order valence-electron chi connectivity index (χ1n) is 6.37. The molecule has 0 aliphatic rings. The SMILES string of the molecule is CC(=O)O[C@@H](c1ccc([N+](=O)[O-])cc1)[C@@H](CO)NC(=O)C(Cl)Cl. The number of nitrogens with one attached hydrogen (secondary N) is 1. The largest absolute Gasteiger partial charge is 0.455 e. The van der Waals surface area contributed by atoms with Crippen LogP contribution in [0.3, 0.4) is 0 Å². The lowest BCUT2D eigenvalue weighted by Crippen LogP contribution is -2.45. The van der Waals surface area contributed by atoms with Gasteiger partial charge in [0.1, 0.15) is 6.10 Å². The first kappa shape index (κ1) is 19.1. The number of nitro groups is 1. The van der Waals surface area contributed by atoms with Crippen molar-refractivity contribution in [3.05, 3.63) is 39.9 Å². The molecule has 126 valence electrons. The highest BCUT2D eigenvalue weighted by Crippen LogP contribution is 2.24. The lowest BCUT2D eigenvalue weighted by Gasteiger charge is -2.26. The van der Waals surface area contributed by atoms with E-state index in [4.69, 9.17) is 27.9 Å². The predicted molar refractivity (Wildman–Crippen MR) is 82.1 cm³/mol. The van der Waals surface area contributed by atoms with Gasteiger partial charge in [-0.05, 0) is 17.7 Å². The highest BCUT2D eigenvalue weighted by molar-refractivity contribution is 6.53. The fourth-order valence-corrected chi connectivity index (χ4v) is 1.94. The number of halogens is 2. The minimum absolute atomic E-state index is 0.151. The quantitative estimate of drug-likeness (QED) is 0.327. The number of non-ortho nitro benzene ring substituents is 1. The molecule has 0 aliphatic heterocycles. The summed E-state index contributed by atoms with van der Waals surface area (Å²) in [4.78, 5) is 31.5. The van der Waals surface area contributed by atoms with Gasteiger partial charge in [-0.25, -0.2) is 0 Å². The molecule has 0 bridgehead atoms. The molecule has 0 radical (unpaired) electrons. The zero-order chi connectivity index (χ0) is 17.6. The number of ether oxygens (including phenoxy) is 1. The number of rotatable bonds is 7. The molecule has 0 saturated heterocycles. The minimum atomic E-state index is -1.36. The van der Waals surface area contributed by atoms with Gasteiger partial charge in [-0.3, -0.25) is 19.7 Å². The van der Waals surface area contributed by atoms with Crippen molar-refractivity contribution in [2.45, 2.75) is 23.9 Å². The first-order chi connectivity index (χ1) is 10.8. The van der Waals surface area contributed by atoms with Crippen LogP contribution in [-0.4, -0.2) is 39.4 Å². The molecule has 10 heteroatoms. The van der Waals surface area contributed by atoms with Gasteiger partial charge in [0, 0.05) is 19.1 Å². The molecule has 0 fully saturated rings. The van der Waals surface area contributed by atoms with Crippen LogP contribution in [0, 0.1) is 10.1 Å². The number of alkyl halides is 2. The minimum Gasteiger partial charge on any atom is -0.455 e. The van der Waals surface area contributed by atoms with Gasteiger partial charge in [0.05, 0.1) is 17.6 Å².